The third-order valence-electron chi connectivity index (χ3n) is 3.58. The zero-order valence-corrected chi connectivity index (χ0v) is 12.6. The van der Waals surface area contributed by atoms with Gasteiger partial charge >= 0.3 is 0 Å². The van der Waals surface area contributed by atoms with E-state index in [2.05, 4.69) is 17.0 Å². The molecule has 21 heavy (non-hydrogen) atoms. The third-order valence-corrected chi connectivity index (χ3v) is 3.87. The molecule has 108 valence electrons. The van der Waals surface area contributed by atoms with Crippen LogP contribution < -0.4 is 5.73 Å². The highest BCUT2D eigenvalue weighted by Crippen LogP contribution is 2.30. The van der Waals surface area contributed by atoms with Crippen molar-refractivity contribution in [1.82, 2.24) is 14.8 Å². The molecule has 3 aromatic rings. The Kier molecular flexibility index (Phi) is 3.90. The fourth-order valence-corrected chi connectivity index (χ4v) is 2.88. The number of rotatable bonds is 4. The van der Waals surface area contributed by atoms with E-state index in [1.54, 1.807) is 12.4 Å². The number of aromatic nitrogens is 3. The first kappa shape index (κ1) is 14.0. The summed E-state index contributed by atoms with van der Waals surface area (Å²) in [6.45, 7) is 2.91. The van der Waals surface area contributed by atoms with Crippen LogP contribution in [-0.2, 0) is 6.54 Å². The molecule has 2 aromatic heterocycles. The number of benzene rings is 1. The quantitative estimate of drug-likeness (QED) is 0.801. The monoisotopic (exact) mass is 300 g/mol. The average Bonchev–Trinajstić information content (AvgIpc) is 2.87. The molecule has 0 amide bonds. The Morgan fingerprint density at radius 2 is 2.14 bits per heavy atom. The Hall–Kier alpha value is -1.91. The molecule has 3 rings (SSSR count). The fourth-order valence-electron chi connectivity index (χ4n) is 2.62. The molecule has 1 atom stereocenters. The van der Waals surface area contributed by atoms with Gasteiger partial charge in [0.15, 0.2) is 0 Å². The molecule has 2 heterocycles. The van der Waals surface area contributed by atoms with Crippen molar-refractivity contribution < 1.29 is 0 Å². The number of halogens is 1. The van der Waals surface area contributed by atoms with E-state index in [-0.39, 0.29) is 6.04 Å². The fraction of sp³-hybridized carbons (Fsp3) is 0.250. The van der Waals surface area contributed by atoms with Gasteiger partial charge in [-0.1, -0.05) is 36.7 Å². The van der Waals surface area contributed by atoms with Crippen molar-refractivity contribution >= 4 is 22.5 Å². The van der Waals surface area contributed by atoms with Crippen LogP contribution in [0.3, 0.4) is 0 Å². The number of fused-ring (bicyclic) bond motifs is 1. The summed E-state index contributed by atoms with van der Waals surface area (Å²) in [6.07, 6.45) is 4.43. The molecule has 0 bridgehead atoms. The Bertz CT molecular complexity index is 761. The minimum absolute atomic E-state index is 0.320. The summed E-state index contributed by atoms with van der Waals surface area (Å²) >= 11 is 6.30. The normalized spacial score (nSPS) is 12.7. The Morgan fingerprint density at radius 1 is 1.29 bits per heavy atom. The molecule has 0 aliphatic heterocycles. The zero-order chi connectivity index (χ0) is 14.8. The summed E-state index contributed by atoms with van der Waals surface area (Å²) in [4.78, 5) is 4.38. The molecule has 0 fully saturated rings. The van der Waals surface area contributed by atoms with Crippen LogP contribution in [0.1, 0.15) is 30.6 Å². The second kappa shape index (κ2) is 5.84. The maximum Gasteiger partial charge on any atom is 0.0837 e. The molecule has 0 radical (unpaired) electrons. The predicted molar refractivity (Wildman–Crippen MR) is 85.3 cm³/mol. The van der Waals surface area contributed by atoms with Gasteiger partial charge in [-0.15, -0.1) is 0 Å². The number of pyridine rings is 1. The largest absolute Gasteiger partial charge is 0.319 e. The van der Waals surface area contributed by atoms with Gasteiger partial charge in [0, 0.05) is 18.1 Å². The Balaban J connectivity index is 2.13. The molecule has 4 nitrogen and oxygen atoms in total. The predicted octanol–water partition coefficient (Wildman–Crippen LogP) is 3.54. The maximum atomic E-state index is 6.49. The van der Waals surface area contributed by atoms with E-state index in [0.717, 1.165) is 35.1 Å². The number of nitrogens with zero attached hydrogens (tertiary/aromatic N) is 3. The summed E-state index contributed by atoms with van der Waals surface area (Å²) in [6, 6.07) is 9.61. The van der Waals surface area contributed by atoms with E-state index in [1.165, 1.54) is 0 Å². The zero-order valence-electron chi connectivity index (χ0n) is 11.8. The van der Waals surface area contributed by atoms with Crippen LogP contribution in [0.15, 0.2) is 42.7 Å². The molecule has 0 saturated heterocycles. The topological polar surface area (TPSA) is 56.7 Å². The molecule has 5 heteroatoms. The van der Waals surface area contributed by atoms with Gasteiger partial charge in [0.05, 0.1) is 28.5 Å². The highest BCUT2D eigenvalue weighted by molar-refractivity contribution is 6.31. The lowest BCUT2D eigenvalue weighted by Gasteiger charge is -2.17. The first-order valence-electron chi connectivity index (χ1n) is 7.02. The Morgan fingerprint density at radius 3 is 2.95 bits per heavy atom. The minimum atomic E-state index is -0.320. The van der Waals surface area contributed by atoms with Crippen LogP contribution in [0.2, 0.25) is 5.02 Å². The first-order valence-corrected chi connectivity index (χ1v) is 7.40. The summed E-state index contributed by atoms with van der Waals surface area (Å²) in [5, 5.41) is 5.98. The molecule has 0 spiro atoms. The van der Waals surface area contributed by atoms with E-state index < -0.39 is 0 Å². The smallest absolute Gasteiger partial charge is 0.0837 e. The van der Waals surface area contributed by atoms with Crippen molar-refractivity contribution in [3.63, 3.8) is 0 Å². The lowest BCUT2D eigenvalue weighted by Crippen LogP contribution is -2.18. The van der Waals surface area contributed by atoms with Gasteiger partial charge in [-0.05, 0) is 24.1 Å². The van der Waals surface area contributed by atoms with Crippen molar-refractivity contribution in [2.24, 2.45) is 5.73 Å². The van der Waals surface area contributed by atoms with Gasteiger partial charge in [-0.3, -0.25) is 9.67 Å². The SMILES string of the molecule is CCCn1ncc(Cl)c1C(N)c1cccc2ncccc12. The second-order valence-corrected chi connectivity index (χ2v) is 5.40. The van der Waals surface area contributed by atoms with Crippen molar-refractivity contribution in [2.75, 3.05) is 0 Å². The van der Waals surface area contributed by atoms with Crippen LogP contribution in [-0.4, -0.2) is 14.8 Å². The first-order chi connectivity index (χ1) is 10.2. The number of nitrogens with two attached hydrogens (primary N) is 1. The second-order valence-electron chi connectivity index (χ2n) is 5.00. The molecule has 2 N–H and O–H groups in total. The van der Waals surface area contributed by atoms with Gasteiger partial charge in [0.25, 0.3) is 0 Å². The average molecular weight is 301 g/mol. The molecular weight excluding hydrogens is 284 g/mol. The summed E-state index contributed by atoms with van der Waals surface area (Å²) < 4.78 is 1.89. The minimum Gasteiger partial charge on any atom is -0.319 e. The third kappa shape index (κ3) is 2.52. The van der Waals surface area contributed by atoms with E-state index in [1.807, 2.05) is 35.0 Å². The number of hydrogen-bond acceptors (Lipinski definition) is 3. The molecule has 0 saturated carbocycles. The lowest BCUT2D eigenvalue weighted by molar-refractivity contribution is 0.560. The van der Waals surface area contributed by atoms with Gasteiger partial charge in [0.1, 0.15) is 0 Å². The number of hydrogen-bond donors (Lipinski definition) is 1. The van der Waals surface area contributed by atoms with Crippen LogP contribution in [0, 0.1) is 0 Å². The standard InChI is InChI=1S/C16H17ClN4/c1-2-9-21-16(13(17)10-20-21)15(18)12-5-3-7-14-11(12)6-4-8-19-14/h3-8,10,15H,2,9,18H2,1H3. The van der Waals surface area contributed by atoms with Crippen LogP contribution in [0.25, 0.3) is 10.9 Å². The maximum absolute atomic E-state index is 6.49. The molecule has 1 aromatic carbocycles. The van der Waals surface area contributed by atoms with E-state index in [0.29, 0.717) is 5.02 Å². The van der Waals surface area contributed by atoms with Crippen LogP contribution in [0.5, 0.6) is 0 Å². The van der Waals surface area contributed by atoms with Gasteiger partial charge in [0.2, 0.25) is 0 Å². The summed E-state index contributed by atoms with van der Waals surface area (Å²) in [5.41, 5.74) is 9.29. The molecule has 0 aliphatic rings. The molecule has 0 aliphatic carbocycles. The highest BCUT2D eigenvalue weighted by Gasteiger charge is 2.20. The van der Waals surface area contributed by atoms with E-state index in [4.69, 9.17) is 17.3 Å². The van der Waals surface area contributed by atoms with Crippen LogP contribution in [0.4, 0.5) is 0 Å². The number of aryl methyl sites for hydroxylation is 1. The van der Waals surface area contributed by atoms with E-state index >= 15 is 0 Å². The lowest BCUT2D eigenvalue weighted by atomic mass is 9.99. The van der Waals surface area contributed by atoms with Crippen molar-refractivity contribution in [2.45, 2.75) is 25.9 Å². The van der Waals surface area contributed by atoms with Crippen molar-refractivity contribution in [3.8, 4) is 0 Å². The van der Waals surface area contributed by atoms with Gasteiger partial charge < -0.3 is 5.73 Å². The van der Waals surface area contributed by atoms with E-state index in [9.17, 15) is 0 Å². The van der Waals surface area contributed by atoms with Crippen molar-refractivity contribution in [1.29, 1.82) is 0 Å². The van der Waals surface area contributed by atoms with Crippen LogP contribution >= 0.6 is 11.6 Å². The molecule has 1 unspecified atom stereocenters. The van der Waals surface area contributed by atoms with Crippen molar-refractivity contribution in [3.05, 3.63) is 59.0 Å². The Labute approximate surface area is 128 Å². The summed E-state index contributed by atoms with van der Waals surface area (Å²) in [5.74, 6) is 0. The molecular formula is C16H17ClN4. The van der Waals surface area contributed by atoms with Gasteiger partial charge in [-0.25, -0.2) is 0 Å². The van der Waals surface area contributed by atoms with Gasteiger partial charge in [-0.2, -0.15) is 5.10 Å². The summed E-state index contributed by atoms with van der Waals surface area (Å²) in [7, 11) is 0. The highest BCUT2D eigenvalue weighted by atomic mass is 35.5.